The van der Waals surface area contributed by atoms with Crippen molar-refractivity contribution in [2.24, 2.45) is 23.7 Å². The normalized spacial score (nSPS) is 24.1. The van der Waals surface area contributed by atoms with Crippen LogP contribution in [0.15, 0.2) is 46.9 Å². The number of carbonyl (C=O) groups is 3. The molecule has 2 fully saturated rings. The summed E-state index contributed by atoms with van der Waals surface area (Å²) in [5.74, 6) is -1.24. The number of esters is 1. The maximum absolute atomic E-state index is 13.1. The summed E-state index contributed by atoms with van der Waals surface area (Å²) in [7, 11) is 0. The van der Waals surface area contributed by atoms with E-state index in [0.717, 1.165) is 34.9 Å². The van der Waals surface area contributed by atoms with Crippen molar-refractivity contribution in [2.75, 3.05) is 11.9 Å². The highest BCUT2D eigenvalue weighted by Gasteiger charge is 2.54. The summed E-state index contributed by atoms with van der Waals surface area (Å²) in [6.07, 6.45) is 2.79. The maximum Gasteiger partial charge on any atom is 0.310 e. The molecule has 2 bridgehead atoms. The molecule has 2 aromatic carbocycles. The molecule has 5 nitrogen and oxygen atoms in total. The van der Waals surface area contributed by atoms with Crippen LogP contribution in [0, 0.1) is 37.5 Å². The zero-order chi connectivity index (χ0) is 22.1. The van der Waals surface area contributed by atoms with E-state index >= 15 is 0 Å². The van der Waals surface area contributed by atoms with Gasteiger partial charge in [0.2, 0.25) is 0 Å². The zero-order valence-electron chi connectivity index (χ0n) is 17.7. The molecule has 2 saturated carbocycles. The van der Waals surface area contributed by atoms with Gasteiger partial charge in [0.1, 0.15) is 0 Å². The van der Waals surface area contributed by atoms with E-state index in [1.165, 1.54) is 0 Å². The molecule has 4 atom stereocenters. The van der Waals surface area contributed by atoms with Crippen LogP contribution in [0.1, 0.15) is 40.7 Å². The highest BCUT2D eigenvalue weighted by atomic mass is 79.9. The van der Waals surface area contributed by atoms with Crippen LogP contribution < -0.4 is 5.32 Å². The highest BCUT2D eigenvalue weighted by Crippen LogP contribution is 2.53. The third kappa shape index (κ3) is 4.45. The van der Waals surface area contributed by atoms with Crippen molar-refractivity contribution in [2.45, 2.75) is 33.1 Å². The van der Waals surface area contributed by atoms with E-state index in [-0.39, 0.29) is 36.1 Å². The summed E-state index contributed by atoms with van der Waals surface area (Å²) in [5, 5.41) is 2.79. The van der Waals surface area contributed by atoms with Crippen LogP contribution in [0.3, 0.4) is 0 Å². The van der Waals surface area contributed by atoms with Crippen LogP contribution in [-0.4, -0.2) is 24.3 Å². The van der Waals surface area contributed by atoms with Gasteiger partial charge in [0.25, 0.3) is 5.91 Å². The summed E-state index contributed by atoms with van der Waals surface area (Å²) >= 11 is 3.51. The Morgan fingerprint density at radius 3 is 2.26 bits per heavy atom. The first kappa shape index (κ1) is 21.8. The minimum atomic E-state index is -0.462. The van der Waals surface area contributed by atoms with Gasteiger partial charge in [0.05, 0.1) is 5.92 Å². The molecule has 0 saturated heterocycles. The molecule has 162 valence electrons. The number of rotatable bonds is 6. The van der Waals surface area contributed by atoms with Crippen LogP contribution in [0.5, 0.6) is 0 Å². The summed E-state index contributed by atoms with van der Waals surface area (Å²) in [6, 6.07) is 12.9. The van der Waals surface area contributed by atoms with E-state index in [1.54, 1.807) is 12.1 Å². The molecule has 2 aromatic rings. The first-order valence-corrected chi connectivity index (χ1v) is 11.5. The number of amides is 1. The van der Waals surface area contributed by atoms with Gasteiger partial charge in [0, 0.05) is 21.6 Å². The molecule has 1 N–H and O–H groups in total. The molecule has 0 aromatic heterocycles. The fourth-order valence-electron chi connectivity index (χ4n) is 5.25. The Hall–Kier alpha value is -2.47. The van der Waals surface area contributed by atoms with E-state index in [1.807, 2.05) is 44.2 Å². The second kappa shape index (κ2) is 8.95. The lowest BCUT2D eigenvalue weighted by molar-refractivity contribution is -0.154. The smallest absolute Gasteiger partial charge is 0.310 e. The molecule has 0 aliphatic heterocycles. The van der Waals surface area contributed by atoms with E-state index < -0.39 is 11.9 Å². The van der Waals surface area contributed by atoms with Crippen LogP contribution in [0.2, 0.25) is 0 Å². The van der Waals surface area contributed by atoms with Crippen molar-refractivity contribution < 1.29 is 19.1 Å². The number of benzene rings is 2. The Morgan fingerprint density at radius 1 is 1.00 bits per heavy atom. The monoisotopic (exact) mass is 483 g/mol. The molecular formula is C25H26BrNO4. The van der Waals surface area contributed by atoms with E-state index in [9.17, 15) is 14.4 Å². The second-order valence-corrected chi connectivity index (χ2v) is 9.49. The predicted molar refractivity (Wildman–Crippen MR) is 122 cm³/mol. The highest BCUT2D eigenvalue weighted by molar-refractivity contribution is 9.10. The van der Waals surface area contributed by atoms with Gasteiger partial charge in [-0.2, -0.15) is 0 Å². The third-order valence-corrected chi connectivity index (χ3v) is 7.87. The Morgan fingerprint density at radius 2 is 1.61 bits per heavy atom. The first-order valence-electron chi connectivity index (χ1n) is 10.7. The molecule has 2 aliphatic rings. The number of anilines is 1. The van der Waals surface area contributed by atoms with Gasteiger partial charge in [-0.3, -0.25) is 14.4 Å². The lowest BCUT2D eigenvalue weighted by atomic mass is 9.75. The molecule has 0 radical (unpaired) electrons. The van der Waals surface area contributed by atoms with Gasteiger partial charge >= 0.3 is 5.97 Å². The van der Waals surface area contributed by atoms with Crippen molar-refractivity contribution in [3.05, 3.63) is 63.6 Å². The van der Waals surface area contributed by atoms with Gasteiger partial charge in [-0.05, 0) is 68.2 Å². The van der Waals surface area contributed by atoms with Crippen LogP contribution >= 0.6 is 15.9 Å². The SMILES string of the molecule is Cc1cc(NC(=O)COC(=O)[C@H]2[C@H]3CC[C@@H](C3)[C@@H]2C(=O)c2ccccc2)cc(C)c1Br. The molecule has 6 heteroatoms. The van der Waals surface area contributed by atoms with E-state index in [2.05, 4.69) is 21.2 Å². The van der Waals surface area contributed by atoms with E-state index in [0.29, 0.717) is 11.3 Å². The molecular weight excluding hydrogens is 458 g/mol. The van der Waals surface area contributed by atoms with Gasteiger partial charge < -0.3 is 10.1 Å². The summed E-state index contributed by atoms with van der Waals surface area (Å²) in [6.45, 7) is 3.55. The van der Waals surface area contributed by atoms with Crippen molar-refractivity contribution in [3.8, 4) is 0 Å². The van der Waals surface area contributed by atoms with Crippen LogP contribution in [0.25, 0.3) is 0 Å². The fraction of sp³-hybridized carbons (Fsp3) is 0.400. The fourth-order valence-corrected chi connectivity index (χ4v) is 5.48. The van der Waals surface area contributed by atoms with Crippen molar-refractivity contribution in [1.29, 1.82) is 0 Å². The average molecular weight is 484 g/mol. The summed E-state index contributed by atoms with van der Waals surface area (Å²) < 4.78 is 6.40. The number of ether oxygens (including phenoxy) is 1. The minimum Gasteiger partial charge on any atom is -0.455 e. The number of ketones is 1. The minimum absolute atomic E-state index is 0.0139. The summed E-state index contributed by atoms with van der Waals surface area (Å²) in [4.78, 5) is 38.4. The first-order chi connectivity index (χ1) is 14.8. The number of aryl methyl sites for hydroxylation is 2. The van der Waals surface area contributed by atoms with E-state index in [4.69, 9.17) is 4.74 Å². The van der Waals surface area contributed by atoms with Gasteiger partial charge in [-0.25, -0.2) is 0 Å². The number of hydrogen-bond acceptors (Lipinski definition) is 4. The third-order valence-electron chi connectivity index (χ3n) is 6.62. The quantitative estimate of drug-likeness (QED) is 0.458. The molecule has 0 unspecified atom stereocenters. The standard InChI is InChI=1S/C25H26BrNO4/c1-14-10-19(11-15(2)23(14)26)27-20(28)13-31-25(30)22-18-9-8-17(12-18)21(22)24(29)16-6-4-3-5-7-16/h3-7,10-11,17-18,21-22H,8-9,12-13H2,1-2H3,(H,27,28)/t17-,18-,21-,22-/m0/s1. The number of Topliss-reactive ketones (excluding diaryl/α,β-unsaturated/α-hetero) is 1. The Kier molecular flexibility index (Phi) is 6.28. The lowest BCUT2D eigenvalue weighted by Gasteiger charge is -2.28. The zero-order valence-corrected chi connectivity index (χ0v) is 19.3. The Bertz CT molecular complexity index is 996. The molecule has 0 heterocycles. The Balaban J connectivity index is 1.40. The number of fused-ring (bicyclic) bond motifs is 2. The lowest BCUT2D eigenvalue weighted by Crippen LogP contribution is -2.37. The largest absolute Gasteiger partial charge is 0.455 e. The number of halogens is 1. The number of carbonyl (C=O) groups excluding carboxylic acids is 3. The van der Waals surface area contributed by atoms with Crippen LogP contribution in [0.4, 0.5) is 5.69 Å². The molecule has 4 rings (SSSR count). The molecule has 1 amide bonds. The molecule has 31 heavy (non-hydrogen) atoms. The Labute approximate surface area is 190 Å². The molecule has 0 spiro atoms. The van der Waals surface area contributed by atoms with Gasteiger partial charge in [-0.15, -0.1) is 0 Å². The van der Waals surface area contributed by atoms with Gasteiger partial charge in [-0.1, -0.05) is 46.3 Å². The number of hydrogen-bond donors (Lipinski definition) is 1. The second-order valence-electron chi connectivity index (χ2n) is 8.69. The topological polar surface area (TPSA) is 72.5 Å². The van der Waals surface area contributed by atoms with Crippen molar-refractivity contribution >= 4 is 39.3 Å². The van der Waals surface area contributed by atoms with Crippen LogP contribution in [-0.2, 0) is 14.3 Å². The average Bonchev–Trinajstić information content (AvgIpc) is 3.37. The summed E-state index contributed by atoms with van der Waals surface area (Å²) in [5.41, 5.74) is 3.32. The maximum atomic E-state index is 13.1. The number of nitrogens with one attached hydrogen (secondary N) is 1. The van der Waals surface area contributed by atoms with Crippen molar-refractivity contribution in [1.82, 2.24) is 0 Å². The van der Waals surface area contributed by atoms with Crippen molar-refractivity contribution in [3.63, 3.8) is 0 Å². The van der Waals surface area contributed by atoms with Gasteiger partial charge in [0.15, 0.2) is 12.4 Å². The molecule has 2 aliphatic carbocycles. The predicted octanol–water partition coefficient (Wildman–Crippen LogP) is 5.09.